The summed E-state index contributed by atoms with van der Waals surface area (Å²) in [5.41, 5.74) is 2.25. The van der Waals surface area contributed by atoms with E-state index in [2.05, 4.69) is 15.1 Å². The lowest BCUT2D eigenvalue weighted by Crippen LogP contribution is -2.34. The quantitative estimate of drug-likeness (QED) is 0.549. The number of nitrogens with zero attached hydrogens (tertiary/aromatic N) is 2. The summed E-state index contributed by atoms with van der Waals surface area (Å²) in [5, 5.41) is 7.47. The lowest BCUT2D eigenvalue weighted by Gasteiger charge is -2.16. The minimum Gasteiger partial charge on any atom is -0.349 e. The van der Waals surface area contributed by atoms with Gasteiger partial charge in [-0.05, 0) is 51.0 Å². The first-order chi connectivity index (χ1) is 14.8. The van der Waals surface area contributed by atoms with Crippen LogP contribution in [-0.2, 0) is 10.0 Å². The van der Waals surface area contributed by atoms with Gasteiger partial charge in [0.2, 0.25) is 0 Å². The zero-order chi connectivity index (χ0) is 22.6. The lowest BCUT2D eigenvalue weighted by molar-refractivity contribution is 0.0935. The summed E-state index contributed by atoms with van der Waals surface area (Å²) < 4.78 is 30.3. The van der Waals surface area contributed by atoms with Gasteiger partial charge in [-0.2, -0.15) is 5.10 Å². The number of amides is 1. The normalized spacial score (nSPS) is 11.5. The van der Waals surface area contributed by atoms with Gasteiger partial charge in [-0.3, -0.25) is 9.52 Å². The molecular weight excluding hydrogens is 412 g/mol. The van der Waals surface area contributed by atoms with Crippen molar-refractivity contribution in [3.63, 3.8) is 0 Å². The Kier molecular flexibility index (Phi) is 6.80. The van der Waals surface area contributed by atoms with Gasteiger partial charge in [0.25, 0.3) is 15.9 Å². The number of anilines is 1. The van der Waals surface area contributed by atoms with Crippen LogP contribution in [-0.4, -0.2) is 30.1 Å². The van der Waals surface area contributed by atoms with Crippen molar-refractivity contribution in [2.24, 2.45) is 0 Å². The number of benzene rings is 2. The molecule has 0 aliphatic rings. The number of carbonyl (C=O) groups excluding carboxylic acids is 1. The molecule has 0 aliphatic carbocycles. The molecule has 7 nitrogen and oxygen atoms in total. The summed E-state index contributed by atoms with van der Waals surface area (Å²) in [6.45, 7) is 7.58. The number of sulfonamides is 1. The summed E-state index contributed by atoms with van der Waals surface area (Å²) in [6.07, 6.45) is 1.55. The van der Waals surface area contributed by atoms with Crippen molar-refractivity contribution in [2.75, 3.05) is 4.72 Å². The van der Waals surface area contributed by atoms with Gasteiger partial charge in [0.1, 0.15) is 5.56 Å². The number of hydrogen-bond donors (Lipinski definition) is 2. The smallest absolute Gasteiger partial charge is 0.263 e. The van der Waals surface area contributed by atoms with E-state index in [4.69, 9.17) is 0 Å². The van der Waals surface area contributed by atoms with Gasteiger partial charge in [-0.25, -0.2) is 13.1 Å². The van der Waals surface area contributed by atoms with E-state index in [1.54, 1.807) is 31.2 Å². The summed E-state index contributed by atoms with van der Waals surface area (Å²) in [4.78, 5) is 13.2. The van der Waals surface area contributed by atoms with Crippen LogP contribution in [0, 0.1) is 13.8 Å². The summed E-state index contributed by atoms with van der Waals surface area (Å²) in [7, 11) is -3.93. The van der Waals surface area contributed by atoms with Crippen molar-refractivity contribution in [1.82, 2.24) is 15.1 Å². The Morgan fingerprint density at radius 3 is 2.19 bits per heavy atom. The largest absolute Gasteiger partial charge is 0.349 e. The van der Waals surface area contributed by atoms with Gasteiger partial charge < -0.3 is 5.32 Å². The molecule has 8 heteroatoms. The molecule has 0 atom stereocenters. The van der Waals surface area contributed by atoms with E-state index in [9.17, 15) is 13.2 Å². The molecule has 0 saturated heterocycles. The van der Waals surface area contributed by atoms with E-state index in [0.29, 0.717) is 11.4 Å². The minimum atomic E-state index is -3.93. The standard InChI is InChI=1S/C23H28N4O3S/c1-5-18(6-2)24-23(28)21-17(4)25-27(19-10-8-7-9-11-19)22(21)26-31(29,30)20-14-12-16(3)13-15-20/h7-15,18,26H,5-6H2,1-4H3,(H,24,28). The molecule has 2 aromatic carbocycles. The Morgan fingerprint density at radius 2 is 1.61 bits per heavy atom. The van der Waals surface area contributed by atoms with Gasteiger partial charge in [-0.15, -0.1) is 0 Å². The fraction of sp³-hybridized carbons (Fsp3) is 0.304. The molecule has 0 unspecified atom stereocenters. The Bertz CT molecular complexity index is 1150. The van der Waals surface area contributed by atoms with E-state index < -0.39 is 10.0 Å². The number of aromatic nitrogens is 2. The Morgan fingerprint density at radius 1 is 1.00 bits per heavy atom. The summed E-state index contributed by atoms with van der Waals surface area (Å²) in [6, 6.07) is 15.7. The fourth-order valence-corrected chi connectivity index (χ4v) is 4.36. The second-order valence-electron chi connectivity index (χ2n) is 7.46. The van der Waals surface area contributed by atoms with Gasteiger partial charge in [0, 0.05) is 6.04 Å². The zero-order valence-electron chi connectivity index (χ0n) is 18.2. The van der Waals surface area contributed by atoms with Crippen LogP contribution >= 0.6 is 0 Å². The number of hydrogen-bond acceptors (Lipinski definition) is 4. The second-order valence-corrected chi connectivity index (χ2v) is 9.14. The molecule has 0 saturated carbocycles. The predicted octanol–water partition coefficient (Wildman–Crippen LogP) is 4.21. The van der Waals surface area contributed by atoms with Crippen molar-refractivity contribution in [1.29, 1.82) is 0 Å². The van der Waals surface area contributed by atoms with E-state index in [1.807, 2.05) is 39.0 Å². The van der Waals surface area contributed by atoms with E-state index in [1.165, 1.54) is 16.8 Å². The van der Waals surface area contributed by atoms with Crippen LogP contribution in [0.1, 0.15) is 48.3 Å². The third-order valence-electron chi connectivity index (χ3n) is 5.17. The molecule has 31 heavy (non-hydrogen) atoms. The van der Waals surface area contributed by atoms with Crippen LogP contribution in [0.3, 0.4) is 0 Å². The monoisotopic (exact) mass is 440 g/mol. The lowest BCUT2D eigenvalue weighted by atomic mass is 10.1. The number of para-hydroxylation sites is 1. The molecule has 1 amide bonds. The van der Waals surface area contributed by atoms with Crippen LogP contribution in [0.4, 0.5) is 5.82 Å². The molecule has 0 radical (unpaired) electrons. The summed E-state index contributed by atoms with van der Waals surface area (Å²) >= 11 is 0. The third kappa shape index (κ3) is 4.96. The van der Waals surface area contributed by atoms with Crippen molar-refractivity contribution >= 4 is 21.7 Å². The van der Waals surface area contributed by atoms with Crippen molar-refractivity contribution in [3.05, 3.63) is 71.4 Å². The Hall–Kier alpha value is -3.13. The Balaban J connectivity index is 2.11. The molecule has 0 spiro atoms. The highest BCUT2D eigenvalue weighted by atomic mass is 32.2. The Labute approximate surface area is 183 Å². The average Bonchev–Trinajstić information content (AvgIpc) is 3.08. The molecule has 1 heterocycles. The SMILES string of the molecule is CCC(CC)NC(=O)c1c(C)nn(-c2ccccc2)c1NS(=O)(=O)c1ccc(C)cc1. The summed E-state index contributed by atoms with van der Waals surface area (Å²) in [5.74, 6) is -0.234. The highest BCUT2D eigenvalue weighted by molar-refractivity contribution is 7.92. The minimum absolute atomic E-state index is 0.00599. The van der Waals surface area contributed by atoms with Crippen molar-refractivity contribution in [2.45, 2.75) is 51.5 Å². The van der Waals surface area contributed by atoms with E-state index >= 15 is 0 Å². The zero-order valence-corrected chi connectivity index (χ0v) is 19.0. The first-order valence-electron chi connectivity index (χ1n) is 10.3. The third-order valence-corrected chi connectivity index (χ3v) is 6.53. The van der Waals surface area contributed by atoms with E-state index in [0.717, 1.165) is 18.4 Å². The number of nitrogens with one attached hydrogen (secondary N) is 2. The molecule has 0 fully saturated rings. The molecular formula is C23H28N4O3S. The average molecular weight is 441 g/mol. The maximum Gasteiger partial charge on any atom is 0.263 e. The first-order valence-corrected chi connectivity index (χ1v) is 11.8. The number of aryl methyl sites for hydroxylation is 2. The van der Waals surface area contributed by atoms with Gasteiger partial charge in [0.05, 0.1) is 16.3 Å². The highest BCUT2D eigenvalue weighted by Gasteiger charge is 2.27. The fourth-order valence-electron chi connectivity index (χ4n) is 3.30. The van der Waals surface area contributed by atoms with E-state index in [-0.39, 0.29) is 28.2 Å². The van der Waals surface area contributed by atoms with Crippen LogP contribution in [0.15, 0.2) is 59.5 Å². The van der Waals surface area contributed by atoms with Gasteiger partial charge in [0.15, 0.2) is 5.82 Å². The predicted molar refractivity (Wildman–Crippen MR) is 122 cm³/mol. The van der Waals surface area contributed by atoms with Crippen molar-refractivity contribution < 1.29 is 13.2 Å². The molecule has 0 bridgehead atoms. The number of carbonyl (C=O) groups is 1. The molecule has 2 N–H and O–H groups in total. The molecule has 3 aromatic rings. The number of rotatable bonds is 8. The van der Waals surface area contributed by atoms with Gasteiger partial charge in [-0.1, -0.05) is 49.7 Å². The van der Waals surface area contributed by atoms with Crippen LogP contribution in [0.5, 0.6) is 0 Å². The van der Waals surface area contributed by atoms with Crippen LogP contribution < -0.4 is 10.0 Å². The molecule has 3 rings (SSSR count). The van der Waals surface area contributed by atoms with Crippen molar-refractivity contribution in [3.8, 4) is 5.69 Å². The van der Waals surface area contributed by atoms with Gasteiger partial charge >= 0.3 is 0 Å². The molecule has 1 aromatic heterocycles. The maximum absolute atomic E-state index is 13.1. The topological polar surface area (TPSA) is 93.1 Å². The molecule has 164 valence electrons. The second kappa shape index (κ2) is 9.34. The molecule has 0 aliphatic heterocycles. The highest BCUT2D eigenvalue weighted by Crippen LogP contribution is 2.27. The maximum atomic E-state index is 13.1. The first kappa shape index (κ1) is 22.6. The van der Waals surface area contributed by atoms with Crippen LogP contribution in [0.2, 0.25) is 0 Å². The van der Waals surface area contributed by atoms with Crippen LogP contribution in [0.25, 0.3) is 5.69 Å².